The largest absolute Gasteiger partial charge is 0.465 e. The van der Waals surface area contributed by atoms with Crippen molar-refractivity contribution in [3.8, 4) is 0 Å². The molecule has 0 spiro atoms. The Kier molecular flexibility index (Phi) is 9.14. The highest BCUT2D eigenvalue weighted by Crippen LogP contribution is 2.46. The molecule has 1 saturated heterocycles. The normalized spacial score (nSPS) is 26.1. The molecule has 1 aliphatic heterocycles. The monoisotopic (exact) mass is 537 g/mol. The van der Waals surface area contributed by atoms with Gasteiger partial charge in [-0.2, -0.15) is 0 Å². The van der Waals surface area contributed by atoms with Crippen molar-refractivity contribution in [2.75, 3.05) is 26.2 Å². The zero-order valence-electron chi connectivity index (χ0n) is 22.1. The molecule has 0 bridgehead atoms. The number of benzene rings is 1. The van der Waals surface area contributed by atoms with Crippen LogP contribution < -0.4 is 5.32 Å². The minimum Gasteiger partial charge on any atom is -0.465 e. The van der Waals surface area contributed by atoms with Crippen LogP contribution in [0.5, 0.6) is 0 Å². The molecule has 206 valence electrons. The molecule has 3 amide bonds. The number of hydrogen-bond donors (Lipinski definition) is 4. The fraction of sp³-hybridized carbons (Fsp3) is 0.667. The SMILES string of the molecule is CC(C)[C@@H](NC(=O)[C@@H]1CCC(N(CCO)C(=O)O)C1)C(=O)N1CC[C@](O)(c2ccc(Cl)cc2)C(C)(C)C1. The molecule has 4 atom stereocenters. The smallest absolute Gasteiger partial charge is 0.407 e. The lowest BCUT2D eigenvalue weighted by Crippen LogP contribution is -2.60. The van der Waals surface area contributed by atoms with Crippen molar-refractivity contribution in [2.24, 2.45) is 17.3 Å². The van der Waals surface area contributed by atoms with Gasteiger partial charge in [-0.25, -0.2) is 4.79 Å². The van der Waals surface area contributed by atoms with E-state index in [4.69, 9.17) is 11.6 Å². The summed E-state index contributed by atoms with van der Waals surface area (Å²) in [5.74, 6) is -0.986. The standard InChI is InChI=1S/C27H40ClN3O6/c1-17(2)22(29-23(33)18-5-10-21(15-18)31(13-14-32)25(35)36)24(34)30-12-11-27(37,26(3,4)16-30)19-6-8-20(28)9-7-19/h6-9,17-18,21-22,32,37H,5,10-16H2,1-4H3,(H,29,33)(H,35,36)/t18-,21?,22-,27+/m1/s1. The highest BCUT2D eigenvalue weighted by molar-refractivity contribution is 6.30. The van der Waals surface area contributed by atoms with Crippen molar-refractivity contribution in [3.05, 3.63) is 34.9 Å². The van der Waals surface area contributed by atoms with E-state index < -0.39 is 29.1 Å². The minimum atomic E-state index is -1.13. The van der Waals surface area contributed by atoms with E-state index in [1.807, 2.05) is 39.8 Å². The summed E-state index contributed by atoms with van der Waals surface area (Å²) in [6.45, 7) is 8.04. The van der Waals surface area contributed by atoms with Gasteiger partial charge in [0.1, 0.15) is 6.04 Å². The van der Waals surface area contributed by atoms with E-state index in [0.29, 0.717) is 43.8 Å². The van der Waals surface area contributed by atoms with Crippen LogP contribution in [-0.2, 0) is 15.2 Å². The summed E-state index contributed by atoms with van der Waals surface area (Å²) < 4.78 is 0. The number of aliphatic hydroxyl groups excluding tert-OH is 1. The Hall–Kier alpha value is -2.36. The van der Waals surface area contributed by atoms with Gasteiger partial charge in [-0.15, -0.1) is 0 Å². The van der Waals surface area contributed by atoms with Crippen molar-refractivity contribution in [3.63, 3.8) is 0 Å². The number of nitrogens with zero attached hydrogens (tertiary/aromatic N) is 2. The van der Waals surface area contributed by atoms with Crippen molar-refractivity contribution in [1.82, 2.24) is 15.1 Å². The Morgan fingerprint density at radius 1 is 1.19 bits per heavy atom. The molecule has 2 fully saturated rings. The Bertz CT molecular complexity index is 985. The van der Waals surface area contributed by atoms with Gasteiger partial charge in [0.25, 0.3) is 0 Å². The van der Waals surface area contributed by atoms with E-state index in [-0.39, 0.29) is 36.9 Å². The second-order valence-corrected chi connectivity index (χ2v) is 11.8. The second kappa shape index (κ2) is 11.6. The molecule has 37 heavy (non-hydrogen) atoms. The van der Waals surface area contributed by atoms with E-state index >= 15 is 0 Å². The molecular weight excluding hydrogens is 498 g/mol. The fourth-order valence-corrected chi connectivity index (χ4v) is 5.90. The molecule has 0 radical (unpaired) electrons. The summed E-state index contributed by atoms with van der Waals surface area (Å²) in [7, 11) is 0. The first-order valence-electron chi connectivity index (χ1n) is 13.0. The van der Waals surface area contributed by atoms with Gasteiger partial charge < -0.3 is 30.4 Å². The van der Waals surface area contributed by atoms with Crippen molar-refractivity contribution in [2.45, 2.75) is 71.1 Å². The van der Waals surface area contributed by atoms with Crippen LogP contribution >= 0.6 is 11.6 Å². The number of carbonyl (C=O) groups is 3. The number of aliphatic hydroxyl groups is 2. The van der Waals surface area contributed by atoms with Gasteiger partial charge in [0.15, 0.2) is 0 Å². The Balaban J connectivity index is 1.67. The van der Waals surface area contributed by atoms with Crippen LogP contribution in [0.25, 0.3) is 0 Å². The zero-order valence-corrected chi connectivity index (χ0v) is 22.9. The number of hydrogen-bond acceptors (Lipinski definition) is 5. The quantitative estimate of drug-likeness (QED) is 0.403. The van der Waals surface area contributed by atoms with Gasteiger partial charge in [0.2, 0.25) is 11.8 Å². The highest BCUT2D eigenvalue weighted by Gasteiger charge is 2.50. The van der Waals surface area contributed by atoms with Crippen LogP contribution in [0.15, 0.2) is 24.3 Å². The lowest BCUT2D eigenvalue weighted by Gasteiger charge is -2.51. The van der Waals surface area contributed by atoms with Crippen LogP contribution in [-0.4, -0.2) is 81.4 Å². The van der Waals surface area contributed by atoms with Crippen LogP contribution in [0.3, 0.4) is 0 Å². The van der Waals surface area contributed by atoms with Crippen molar-refractivity contribution in [1.29, 1.82) is 0 Å². The van der Waals surface area contributed by atoms with Crippen LogP contribution in [0.1, 0.15) is 58.9 Å². The lowest BCUT2D eigenvalue weighted by atomic mass is 9.66. The first kappa shape index (κ1) is 29.2. The summed E-state index contributed by atoms with van der Waals surface area (Å²) in [5, 5.41) is 33.8. The fourth-order valence-electron chi connectivity index (χ4n) is 5.77. The first-order chi connectivity index (χ1) is 17.3. The number of rotatable bonds is 8. The molecule has 0 aromatic heterocycles. The summed E-state index contributed by atoms with van der Waals surface area (Å²) in [6, 6.07) is 6.08. The van der Waals surface area contributed by atoms with E-state index in [0.717, 1.165) is 5.56 Å². The number of nitrogens with one attached hydrogen (secondary N) is 1. The van der Waals surface area contributed by atoms with E-state index in [2.05, 4.69) is 5.32 Å². The molecule has 1 aromatic rings. The van der Waals surface area contributed by atoms with Crippen LogP contribution in [0.4, 0.5) is 4.79 Å². The maximum Gasteiger partial charge on any atom is 0.407 e. The molecule has 2 aliphatic rings. The third kappa shape index (κ3) is 6.21. The number of carboxylic acid groups (broad SMARTS) is 1. The minimum absolute atomic E-state index is 0.00849. The van der Waals surface area contributed by atoms with Crippen LogP contribution in [0.2, 0.25) is 5.02 Å². The molecule has 10 heteroatoms. The molecule has 1 unspecified atom stereocenters. The topological polar surface area (TPSA) is 130 Å². The maximum atomic E-state index is 13.6. The molecule has 9 nitrogen and oxygen atoms in total. The Labute approximate surface area is 223 Å². The number of likely N-dealkylation sites (tertiary alicyclic amines) is 1. The second-order valence-electron chi connectivity index (χ2n) is 11.4. The Morgan fingerprint density at radius 3 is 2.38 bits per heavy atom. The molecular formula is C27H40ClN3O6. The molecule has 1 aliphatic carbocycles. The highest BCUT2D eigenvalue weighted by atomic mass is 35.5. The first-order valence-corrected chi connectivity index (χ1v) is 13.4. The van der Waals surface area contributed by atoms with Crippen molar-refractivity contribution >= 4 is 29.5 Å². The predicted octanol–water partition coefficient (Wildman–Crippen LogP) is 3.07. The van der Waals surface area contributed by atoms with Gasteiger partial charge in [-0.05, 0) is 49.3 Å². The number of piperidine rings is 1. The zero-order chi connectivity index (χ0) is 27.5. The van der Waals surface area contributed by atoms with E-state index in [1.54, 1.807) is 17.0 Å². The van der Waals surface area contributed by atoms with Gasteiger partial charge in [-0.3, -0.25) is 9.59 Å². The van der Waals surface area contributed by atoms with Gasteiger partial charge in [0.05, 0.1) is 12.2 Å². The Morgan fingerprint density at radius 2 is 1.84 bits per heavy atom. The van der Waals surface area contributed by atoms with Crippen molar-refractivity contribution < 1.29 is 29.7 Å². The van der Waals surface area contributed by atoms with Crippen LogP contribution in [0, 0.1) is 17.3 Å². The summed E-state index contributed by atoms with van der Waals surface area (Å²) in [4.78, 5) is 41.2. The average molecular weight is 538 g/mol. The number of amides is 3. The number of carbonyl (C=O) groups excluding carboxylic acids is 2. The van der Waals surface area contributed by atoms with E-state index in [1.165, 1.54) is 4.90 Å². The maximum absolute atomic E-state index is 13.6. The molecule has 1 saturated carbocycles. The van der Waals surface area contributed by atoms with Gasteiger partial charge in [0, 0.05) is 42.0 Å². The summed E-state index contributed by atoms with van der Waals surface area (Å²) in [6.07, 6.45) is 0.666. The molecule has 3 rings (SSSR count). The van der Waals surface area contributed by atoms with Gasteiger partial charge in [-0.1, -0.05) is 51.4 Å². The lowest BCUT2D eigenvalue weighted by molar-refractivity contribution is -0.157. The average Bonchev–Trinajstić information content (AvgIpc) is 3.32. The van der Waals surface area contributed by atoms with Gasteiger partial charge >= 0.3 is 6.09 Å². The number of halogens is 1. The molecule has 1 aromatic carbocycles. The third-order valence-electron chi connectivity index (χ3n) is 8.12. The van der Waals surface area contributed by atoms with E-state index in [9.17, 15) is 29.7 Å². The summed E-state index contributed by atoms with van der Waals surface area (Å²) in [5.41, 5.74) is -1.02. The predicted molar refractivity (Wildman–Crippen MR) is 140 cm³/mol. The molecule has 1 heterocycles. The summed E-state index contributed by atoms with van der Waals surface area (Å²) >= 11 is 6.03. The third-order valence-corrected chi connectivity index (χ3v) is 8.37. The molecule has 4 N–H and O–H groups in total.